The molecule has 1 N–H and O–H groups in total. The normalized spacial score (nSPS) is 11.9. The van der Waals surface area contributed by atoms with Gasteiger partial charge in [0.25, 0.3) is 0 Å². The van der Waals surface area contributed by atoms with Crippen LogP contribution >= 0.6 is 0 Å². The van der Waals surface area contributed by atoms with E-state index in [-0.39, 0.29) is 0 Å². The molecule has 0 saturated heterocycles. The van der Waals surface area contributed by atoms with E-state index in [1.807, 2.05) is 43.4 Å². The van der Waals surface area contributed by atoms with Crippen molar-refractivity contribution >= 4 is 12.0 Å². The fraction of sp³-hybridized carbons (Fsp3) is 0.370. The molecule has 0 aliphatic rings. The molecule has 0 amide bonds. The molecule has 0 radical (unpaired) electrons. The van der Waals surface area contributed by atoms with Gasteiger partial charge in [-0.3, -0.25) is 5.43 Å². The van der Waals surface area contributed by atoms with Gasteiger partial charge in [0.05, 0.1) is 6.21 Å². The monoisotopic (exact) mass is 448 g/mol. The maximum atomic E-state index is 5.97. The van der Waals surface area contributed by atoms with Gasteiger partial charge in [0.15, 0.2) is 5.82 Å². The Balaban J connectivity index is 2.12. The predicted molar refractivity (Wildman–Crippen MR) is 137 cm³/mol. The predicted octanol–water partition coefficient (Wildman–Crippen LogP) is 6.40. The second kappa shape index (κ2) is 15.5. The van der Waals surface area contributed by atoms with Gasteiger partial charge in [-0.2, -0.15) is 15.1 Å². The number of benzene rings is 1. The number of nitrogens with zero attached hydrogens (tertiary/aromatic N) is 3. The number of hydrogen-bond donors (Lipinski definition) is 1. The van der Waals surface area contributed by atoms with E-state index in [0.717, 1.165) is 62.3 Å². The molecule has 1 aromatic heterocycles. The van der Waals surface area contributed by atoms with Gasteiger partial charge in [0.1, 0.15) is 5.76 Å². The number of anilines is 1. The number of unbranched alkanes of at least 4 members (excludes halogenated alkanes) is 1. The molecule has 0 aliphatic carbocycles. The Hall–Kier alpha value is -3.25. The van der Waals surface area contributed by atoms with Crippen LogP contribution in [0.25, 0.3) is 0 Å². The Bertz CT molecular complexity index is 951. The van der Waals surface area contributed by atoms with Gasteiger partial charge in [0.2, 0.25) is 0 Å². The number of aromatic nitrogens is 2. The minimum absolute atomic E-state index is 0.308. The van der Waals surface area contributed by atoms with Crippen LogP contribution in [0.5, 0.6) is 6.01 Å². The number of nitrogens with one attached hydrogen (secondary N) is 1. The average Bonchev–Trinajstić information content (AvgIpc) is 2.81. The summed E-state index contributed by atoms with van der Waals surface area (Å²) in [7, 11) is 0. The van der Waals surface area contributed by atoms with Gasteiger partial charge >= 0.3 is 6.01 Å². The summed E-state index contributed by atoms with van der Waals surface area (Å²) in [4.78, 5) is 9.11. The standard InChI is InChI=1S/C27H36N4O2/c1-5-8-9-16-25(7-3)33-27-29-24(15-10-11-18-32-17-6-2)20-26(30-27)31-28-21-23-14-12-13-22(4)19-23/h5,8-9,12-14,16,19-21H,1,6-7,10-11,15,17-18H2,2-4H3,(H,29,30,31)/b9-8-,25-16+,28-21+. The molecule has 33 heavy (non-hydrogen) atoms. The number of hydrazone groups is 1. The summed E-state index contributed by atoms with van der Waals surface area (Å²) in [5, 5.41) is 4.35. The van der Waals surface area contributed by atoms with Gasteiger partial charge in [-0.1, -0.05) is 68.5 Å². The lowest BCUT2D eigenvalue weighted by Crippen LogP contribution is -2.05. The van der Waals surface area contributed by atoms with Gasteiger partial charge in [-0.25, -0.2) is 0 Å². The summed E-state index contributed by atoms with van der Waals surface area (Å²) < 4.78 is 11.5. The molecule has 0 saturated carbocycles. The number of allylic oxidation sites excluding steroid dienone is 5. The Morgan fingerprint density at radius 1 is 1.12 bits per heavy atom. The van der Waals surface area contributed by atoms with Crippen molar-refractivity contribution in [3.63, 3.8) is 0 Å². The largest absolute Gasteiger partial charge is 0.429 e. The highest BCUT2D eigenvalue weighted by Gasteiger charge is 2.08. The molecular weight excluding hydrogens is 412 g/mol. The highest BCUT2D eigenvalue weighted by molar-refractivity contribution is 5.80. The fourth-order valence-electron chi connectivity index (χ4n) is 2.97. The van der Waals surface area contributed by atoms with Crippen LogP contribution in [-0.2, 0) is 11.2 Å². The lowest BCUT2D eigenvalue weighted by atomic mass is 10.2. The van der Waals surface area contributed by atoms with Crippen molar-refractivity contribution in [2.24, 2.45) is 5.10 Å². The average molecular weight is 449 g/mol. The second-order valence-corrected chi connectivity index (χ2v) is 7.59. The fourth-order valence-corrected chi connectivity index (χ4v) is 2.97. The number of aryl methyl sites for hydroxylation is 2. The molecule has 0 unspecified atom stereocenters. The van der Waals surface area contributed by atoms with Crippen LogP contribution in [0.15, 0.2) is 72.1 Å². The van der Waals surface area contributed by atoms with Crippen LogP contribution in [0.4, 0.5) is 5.82 Å². The Labute approximate surface area is 198 Å². The molecule has 0 spiro atoms. The first-order valence-electron chi connectivity index (χ1n) is 11.6. The van der Waals surface area contributed by atoms with Crippen LogP contribution in [0.2, 0.25) is 0 Å². The number of hydrogen-bond acceptors (Lipinski definition) is 6. The molecule has 176 valence electrons. The van der Waals surface area contributed by atoms with E-state index < -0.39 is 0 Å². The zero-order chi connectivity index (χ0) is 23.7. The number of rotatable bonds is 15. The third kappa shape index (κ3) is 10.7. The van der Waals surface area contributed by atoms with E-state index in [0.29, 0.717) is 11.8 Å². The van der Waals surface area contributed by atoms with Crippen LogP contribution in [-0.4, -0.2) is 29.4 Å². The Morgan fingerprint density at radius 2 is 2.00 bits per heavy atom. The summed E-state index contributed by atoms with van der Waals surface area (Å²) in [5.41, 5.74) is 6.13. The zero-order valence-electron chi connectivity index (χ0n) is 20.1. The SMILES string of the molecule is C=C/C=C\C=C(/CC)Oc1nc(CCCCOCCC)cc(N/N=C/c2cccc(C)c2)n1. The van der Waals surface area contributed by atoms with Crippen LogP contribution in [0.3, 0.4) is 0 Å². The molecule has 0 atom stereocenters. The van der Waals surface area contributed by atoms with E-state index in [4.69, 9.17) is 9.47 Å². The third-order valence-electron chi connectivity index (χ3n) is 4.61. The van der Waals surface area contributed by atoms with E-state index in [1.165, 1.54) is 5.56 Å². The van der Waals surface area contributed by atoms with Crippen molar-refractivity contribution in [3.05, 3.63) is 83.8 Å². The quantitative estimate of drug-likeness (QED) is 0.112. The lowest BCUT2D eigenvalue weighted by molar-refractivity contribution is 0.131. The van der Waals surface area contributed by atoms with Crippen LogP contribution in [0.1, 0.15) is 56.4 Å². The first-order chi connectivity index (χ1) is 16.1. The minimum atomic E-state index is 0.308. The molecule has 6 nitrogen and oxygen atoms in total. The van der Waals surface area contributed by atoms with Gasteiger partial charge in [0, 0.05) is 31.4 Å². The van der Waals surface area contributed by atoms with E-state index >= 15 is 0 Å². The van der Waals surface area contributed by atoms with Crippen molar-refractivity contribution in [1.29, 1.82) is 0 Å². The molecule has 6 heteroatoms. The van der Waals surface area contributed by atoms with E-state index in [1.54, 1.807) is 12.3 Å². The maximum Gasteiger partial charge on any atom is 0.323 e. The Kier molecular flexibility index (Phi) is 12.2. The molecule has 1 heterocycles. The topological polar surface area (TPSA) is 68.6 Å². The van der Waals surface area contributed by atoms with Crippen molar-refractivity contribution < 1.29 is 9.47 Å². The van der Waals surface area contributed by atoms with E-state index in [9.17, 15) is 0 Å². The third-order valence-corrected chi connectivity index (χ3v) is 4.61. The molecule has 2 rings (SSSR count). The molecule has 2 aromatic rings. The van der Waals surface area contributed by atoms with Crippen molar-refractivity contribution in [1.82, 2.24) is 9.97 Å². The highest BCUT2D eigenvalue weighted by atomic mass is 16.5. The molecule has 0 aliphatic heterocycles. The molecule has 1 aromatic carbocycles. The smallest absolute Gasteiger partial charge is 0.323 e. The Morgan fingerprint density at radius 3 is 2.76 bits per heavy atom. The minimum Gasteiger partial charge on any atom is -0.429 e. The summed E-state index contributed by atoms with van der Waals surface area (Å²) >= 11 is 0. The van der Waals surface area contributed by atoms with Gasteiger partial charge in [-0.05, 0) is 44.2 Å². The summed E-state index contributed by atoms with van der Waals surface area (Å²) in [6, 6.07) is 10.4. The zero-order valence-corrected chi connectivity index (χ0v) is 20.1. The van der Waals surface area contributed by atoms with Crippen molar-refractivity contribution in [2.75, 3.05) is 18.6 Å². The molecular formula is C27H36N4O2. The number of ether oxygens (including phenoxy) is 2. The molecule has 0 fully saturated rings. The van der Waals surface area contributed by atoms with Gasteiger partial charge < -0.3 is 9.47 Å². The van der Waals surface area contributed by atoms with E-state index in [2.05, 4.69) is 53.1 Å². The van der Waals surface area contributed by atoms with Gasteiger partial charge in [-0.15, -0.1) is 0 Å². The van der Waals surface area contributed by atoms with Crippen LogP contribution < -0.4 is 10.2 Å². The van der Waals surface area contributed by atoms with Crippen molar-refractivity contribution in [3.8, 4) is 6.01 Å². The highest BCUT2D eigenvalue weighted by Crippen LogP contribution is 2.17. The first-order valence-corrected chi connectivity index (χ1v) is 11.6. The lowest BCUT2D eigenvalue weighted by Gasteiger charge is -2.10. The summed E-state index contributed by atoms with van der Waals surface area (Å²) in [6.45, 7) is 11.5. The first kappa shape index (κ1) is 26.0. The second-order valence-electron chi connectivity index (χ2n) is 7.59. The van der Waals surface area contributed by atoms with Crippen LogP contribution in [0, 0.1) is 6.92 Å². The maximum absolute atomic E-state index is 5.97. The molecule has 0 bridgehead atoms. The summed E-state index contributed by atoms with van der Waals surface area (Å²) in [5.74, 6) is 1.37. The summed E-state index contributed by atoms with van der Waals surface area (Å²) in [6.07, 6.45) is 13.7. The van der Waals surface area contributed by atoms with Crippen molar-refractivity contribution in [2.45, 2.75) is 52.9 Å².